The van der Waals surface area contributed by atoms with Crippen LogP contribution in [-0.4, -0.2) is 10.8 Å². The fourth-order valence-corrected chi connectivity index (χ4v) is 2.42. The van der Waals surface area contributed by atoms with Crippen molar-refractivity contribution in [1.82, 2.24) is 4.98 Å². The molecule has 2 nitrogen and oxygen atoms in total. The SMILES string of the molecule is O=C(Cc1ccc2ccccc2n1)c1cccc(F)c1Cl. The molecule has 4 heteroatoms. The van der Waals surface area contributed by atoms with Gasteiger partial charge in [-0.15, -0.1) is 0 Å². The Kier molecular flexibility index (Phi) is 3.67. The van der Waals surface area contributed by atoms with Crippen LogP contribution in [0.3, 0.4) is 0 Å². The number of para-hydroxylation sites is 1. The summed E-state index contributed by atoms with van der Waals surface area (Å²) in [5.74, 6) is -0.837. The van der Waals surface area contributed by atoms with E-state index in [4.69, 9.17) is 11.6 Å². The number of nitrogens with zero attached hydrogens (tertiary/aromatic N) is 1. The van der Waals surface area contributed by atoms with Crippen LogP contribution in [0.2, 0.25) is 5.02 Å². The highest BCUT2D eigenvalue weighted by atomic mass is 35.5. The topological polar surface area (TPSA) is 30.0 Å². The minimum absolute atomic E-state index is 0.0913. The number of pyridine rings is 1. The number of fused-ring (bicyclic) bond motifs is 1. The van der Waals surface area contributed by atoms with E-state index < -0.39 is 5.82 Å². The average Bonchev–Trinajstić information content (AvgIpc) is 2.50. The molecule has 0 amide bonds. The third-order valence-electron chi connectivity index (χ3n) is 3.25. The fourth-order valence-electron chi connectivity index (χ4n) is 2.19. The van der Waals surface area contributed by atoms with Crippen LogP contribution >= 0.6 is 11.6 Å². The summed E-state index contributed by atoms with van der Waals surface area (Å²) in [6.45, 7) is 0. The second-order valence-corrected chi connectivity index (χ2v) is 5.07. The molecule has 2 aromatic carbocycles. The van der Waals surface area contributed by atoms with Gasteiger partial charge in [-0.25, -0.2) is 4.39 Å². The van der Waals surface area contributed by atoms with E-state index in [0.717, 1.165) is 10.9 Å². The van der Waals surface area contributed by atoms with Crippen LogP contribution in [0.15, 0.2) is 54.6 Å². The smallest absolute Gasteiger partial charge is 0.170 e. The molecule has 0 aliphatic carbocycles. The molecular formula is C17H11ClFNO. The predicted octanol–water partition coefficient (Wildman–Crippen LogP) is 4.45. The highest BCUT2D eigenvalue weighted by molar-refractivity contribution is 6.34. The molecule has 0 saturated carbocycles. The van der Waals surface area contributed by atoms with E-state index >= 15 is 0 Å². The Morgan fingerprint density at radius 2 is 1.86 bits per heavy atom. The lowest BCUT2D eigenvalue weighted by atomic mass is 10.1. The molecule has 0 aliphatic heterocycles. The summed E-state index contributed by atoms with van der Waals surface area (Å²) in [7, 11) is 0. The largest absolute Gasteiger partial charge is 0.294 e. The van der Waals surface area contributed by atoms with Crippen LogP contribution in [-0.2, 0) is 6.42 Å². The summed E-state index contributed by atoms with van der Waals surface area (Å²) in [5.41, 5.74) is 1.65. The summed E-state index contributed by atoms with van der Waals surface area (Å²) >= 11 is 5.83. The van der Waals surface area contributed by atoms with Crippen LogP contribution in [0.25, 0.3) is 10.9 Å². The zero-order chi connectivity index (χ0) is 14.8. The number of rotatable bonds is 3. The Balaban J connectivity index is 1.91. The maximum Gasteiger partial charge on any atom is 0.170 e. The first kappa shape index (κ1) is 13.7. The van der Waals surface area contributed by atoms with Crippen LogP contribution in [0.4, 0.5) is 4.39 Å². The van der Waals surface area contributed by atoms with Crippen LogP contribution in [0.1, 0.15) is 16.1 Å². The Morgan fingerprint density at radius 3 is 2.71 bits per heavy atom. The van der Waals surface area contributed by atoms with Gasteiger partial charge in [-0.05, 0) is 24.3 Å². The summed E-state index contributed by atoms with van der Waals surface area (Å²) in [5, 5.41) is 0.876. The van der Waals surface area contributed by atoms with Gasteiger partial charge >= 0.3 is 0 Å². The zero-order valence-corrected chi connectivity index (χ0v) is 11.8. The van der Waals surface area contributed by atoms with E-state index in [2.05, 4.69) is 4.98 Å². The lowest BCUT2D eigenvalue weighted by Crippen LogP contribution is -2.06. The molecule has 0 bridgehead atoms. The monoisotopic (exact) mass is 299 g/mol. The molecule has 0 spiro atoms. The van der Waals surface area contributed by atoms with Gasteiger partial charge in [-0.3, -0.25) is 9.78 Å². The standard InChI is InChI=1S/C17H11ClFNO/c18-17-13(5-3-6-14(17)19)16(21)10-12-9-8-11-4-1-2-7-15(11)20-12/h1-9H,10H2. The molecule has 0 atom stereocenters. The summed E-state index contributed by atoms with van der Waals surface area (Å²) in [6.07, 6.45) is 0.0913. The quantitative estimate of drug-likeness (QED) is 0.669. The van der Waals surface area contributed by atoms with E-state index in [1.165, 1.54) is 18.2 Å². The van der Waals surface area contributed by atoms with Crippen LogP contribution in [0.5, 0.6) is 0 Å². The van der Waals surface area contributed by atoms with Crippen LogP contribution < -0.4 is 0 Å². The Bertz CT molecular complexity index is 832. The third kappa shape index (κ3) is 2.78. The van der Waals surface area contributed by atoms with Gasteiger partial charge in [0.05, 0.1) is 17.0 Å². The number of carbonyl (C=O) groups is 1. The Hall–Kier alpha value is -2.26. The first-order valence-corrected chi connectivity index (χ1v) is 6.85. The molecule has 21 heavy (non-hydrogen) atoms. The van der Waals surface area contributed by atoms with Crippen molar-refractivity contribution in [1.29, 1.82) is 0 Å². The van der Waals surface area contributed by atoms with Crippen molar-refractivity contribution in [2.24, 2.45) is 0 Å². The molecule has 0 radical (unpaired) electrons. The minimum atomic E-state index is -0.589. The first-order valence-electron chi connectivity index (χ1n) is 6.47. The minimum Gasteiger partial charge on any atom is -0.294 e. The van der Waals surface area contributed by atoms with E-state index in [1.807, 2.05) is 30.3 Å². The van der Waals surface area contributed by atoms with E-state index in [9.17, 15) is 9.18 Å². The predicted molar refractivity (Wildman–Crippen MR) is 81.2 cm³/mol. The number of halogens is 2. The molecular weight excluding hydrogens is 289 g/mol. The lowest BCUT2D eigenvalue weighted by Gasteiger charge is -2.05. The zero-order valence-electron chi connectivity index (χ0n) is 11.0. The van der Waals surface area contributed by atoms with Gasteiger partial charge in [0.2, 0.25) is 0 Å². The lowest BCUT2D eigenvalue weighted by molar-refractivity contribution is 0.0992. The van der Waals surface area contributed by atoms with Gasteiger partial charge in [0, 0.05) is 16.6 Å². The summed E-state index contributed by atoms with van der Waals surface area (Å²) < 4.78 is 13.4. The van der Waals surface area contributed by atoms with Gasteiger partial charge < -0.3 is 0 Å². The molecule has 0 fully saturated rings. The third-order valence-corrected chi connectivity index (χ3v) is 3.63. The summed E-state index contributed by atoms with van der Waals surface area (Å²) in [6, 6.07) is 15.6. The number of benzene rings is 2. The maximum atomic E-state index is 13.4. The van der Waals surface area contributed by atoms with Gasteiger partial charge in [0.15, 0.2) is 5.78 Å². The molecule has 1 aromatic heterocycles. The molecule has 0 N–H and O–H groups in total. The van der Waals surface area contributed by atoms with Crippen molar-refractivity contribution < 1.29 is 9.18 Å². The number of carbonyl (C=O) groups excluding carboxylic acids is 1. The van der Waals surface area contributed by atoms with Crippen molar-refractivity contribution in [3.05, 3.63) is 76.7 Å². The molecule has 104 valence electrons. The van der Waals surface area contributed by atoms with Gasteiger partial charge in [0.25, 0.3) is 0 Å². The maximum absolute atomic E-state index is 13.4. The van der Waals surface area contributed by atoms with Crippen molar-refractivity contribution >= 4 is 28.3 Å². The molecule has 0 saturated heterocycles. The van der Waals surface area contributed by atoms with Crippen LogP contribution in [0, 0.1) is 5.82 Å². The normalized spacial score (nSPS) is 10.8. The first-order chi connectivity index (χ1) is 10.1. The highest BCUT2D eigenvalue weighted by Gasteiger charge is 2.14. The van der Waals surface area contributed by atoms with Crippen molar-refractivity contribution in [2.75, 3.05) is 0 Å². The Labute approximate surface area is 126 Å². The summed E-state index contributed by atoms with van der Waals surface area (Å²) in [4.78, 5) is 16.7. The van der Waals surface area contributed by atoms with Gasteiger partial charge in [-0.1, -0.05) is 41.9 Å². The number of hydrogen-bond donors (Lipinski definition) is 0. The number of ketones is 1. The fraction of sp³-hybridized carbons (Fsp3) is 0.0588. The van der Waals surface area contributed by atoms with Crippen molar-refractivity contribution in [3.63, 3.8) is 0 Å². The Morgan fingerprint density at radius 1 is 1.05 bits per heavy atom. The van der Waals surface area contributed by atoms with E-state index in [1.54, 1.807) is 6.07 Å². The van der Waals surface area contributed by atoms with E-state index in [-0.39, 0.29) is 22.8 Å². The van der Waals surface area contributed by atoms with E-state index in [0.29, 0.717) is 5.69 Å². The highest BCUT2D eigenvalue weighted by Crippen LogP contribution is 2.21. The van der Waals surface area contributed by atoms with Crippen molar-refractivity contribution in [3.8, 4) is 0 Å². The molecule has 0 unspecified atom stereocenters. The van der Waals surface area contributed by atoms with Crippen molar-refractivity contribution in [2.45, 2.75) is 6.42 Å². The number of hydrogen-bond acceptors (Lipinski definition) is 2. The second kappa shape index (κ2) is 5.62. The molecule has 3 aromatic rings. The molecule has 1 heterocycles. The second-order valence-electron chi connectivity index (χ2n) is 4.70. The molecule has 3 rings (SSSR count). The molecule has 0 aliphatic rings. The number of aromatic nitrogens is 1. The van der Waals surface area contributed by atoms with Gasteiger partial charge in [0.1, 0.15) is 5.82 Å². The number of Topliss-reactive ketones (excluding diaryl/α,β-unsaturated/α-hetero) is 1. The van der Waals surface area contributed by atoms with Gasteiger partial charge in [-0.2, -0.15) is 0 Å². The average molecular weight is 300 g/mol.